The number of sulfone groups is 1. The van der Waals surface area contributed by atoms with Crippen molar-refractivity contribution >= 4 is 33.1 Å². The van der Waals surface area contributed by atoms with Gasteiger partial charge in [-0.15, -0.1) is 0 Å². The van der Waals surface area contributed by atoms with E-state index in [0.717, 1.165) is 37.9 Å². The third-order valence-electron chi connectivity index (χ3n) is 6.19. The molecule has 1 amide bonds. The van der Waals surface area contributed by atoms with Gasteiger partial charge in [0.25, 0.3) is 5.91 Å². The van der Waals surface area contributed by atoms with E-state index in [4.69, 9.17) is 10.5 Å². The predicted octanol–water partition coefficient (Wildman–Crippen LogP) is 0.917. The fourth-order valence-electron chi connectivity index (χ4n) is 4.09. The number of benzene rings is 2. The highest BCUT2D eigenvalue weighted by Gasteiger charge is 2.24. The smallest absolute Gasteiger partial charge is 0.332 e. The minimum Gasteiger partial charge on any atom is -0.507 e. The number of piperidine rings is 1. The molecule has 0 aromatic heterocycles. The Bertz CT molecular complexity index is 1200. The van der Waals surface area contributed by atoms with Crippen LogP contribution in [0.25, 0.3) is 0 Å². The van der Waals surface area contributed by atoms with Crippen molar-refractivity contribution in [3.63, 3.8) is 0 Å². The second-order valence-corrected chi connectivity index (χ2v) is 10.9. The molecule has 12 heteroatoms. The lowest BCUT2D eigenvalue weighted by atomic mass is 10.0. The average molecular weight is 535 g/mol. The number of esters is 1. The van der Waals surface area contributed by atoms with Gasteiger partial charge in [-0.1, -0.05) is 6.07 Å². The Morgan fingerprint density at radius 3 is 2.41 bits per heavy atom. The number of hydrogen-bond acceptors (Lipinski definition) is 10. The van der Waals surface area contributed by atoms with E-state index < -0.39 is 33.9 Å². The zero-order valence-corrected chi connectivity index (χ0v) is 21.7. The number of aromatic hydroxyl groups is 1. The lowest BCUT2D eigenvalue weighted by molar-refractivity contribution is -0.146. The number of anilines is 2. The number of nitrogens with one attached hydrogen (secondary N) is 2. The number of ether oxygens (including phenoxy) is 1. The molecule has 2 aromatic rings. The lowest BCUT2D eigenvalue weighted by Gasteiger charge is -2.34. The SMILES string of the molecule is CCOC(=O)C(N)C(=O)Nc1ccc(N2CCC(NC[C@H](O)c3ccc(O)c(S(C)(=O)=O)c3)CC2)cc1. The molecule has 0 aliphatic carbocycles. The maximum atomic E-state index is 12.1. The first-order valence-corrected chi connectivity index (χ1v) is 13.9. The molecular weight excluding hydrogens is 500 g/mol. The molecule has 1 aliphatic rings. The van der Waals surface area contributed by atoms with Crippen LogP contribution in [-0.2, 0) is 24.2 Å². The monoisotopic (exact) mass is 534 g/mol. The molecule has 1 aliphatic heterocycles. The first kappa shape index (κ1) is 28.4. The minimum absolute atomic E-state index is 0.145. The standard InChI is InChI=1S/C25H34N4O7S/c1-3-36-25(33)23(26)24(32)28-18-5-7-19(8-6-18)29-12-10-17(11-13-29)27-15-21(31)16-4-9-20(30)22(14-16)37(2,34)35/h4-9,14,17,21,23,27,30-31H,3,10-13,15,26H2,1-2H3,(H,28,32)/t21-,23?/m0/s1. The molecular formula is C25H34N4O7S. The first-order valence-electron chi connectivity index (χ1n) is 12.0. The van der Waals surface area contributed by atoms with E-state index >= 15 is 0 Å². The summed E-state index contributed by atoms with van der Waals surface area (Å²) in [5.41, 5.74) is 7.54. The van der Waals surface area contributed by atoms with Crippen LogP contribution in [0.3, 0.4) is 0 Å². The van der Waals surface area contributed by atoms with Gasteiger partial charge in [-0.05, 0) is 61.7 Å². The first-order chi connectivity index (χ1) is 17.5. The van der Waals surface area contributed by atoms with E-state index in [1.165, 1.54) is 18.2 Å². The number of nitrogens with two attached hydrogens (primary N) is 1. The fourth-order valence-corrected chi connectivity index (χ4v) is 4.89. The van der Waals surface area contributed by atoms with Crippen molar-refractivity contribution in [2.24, 2.45) is 5.73 Å². The Morgan fingerprint density at radius 2 is 1.81 bits per heavy atom. The van der Waals surface area contributed by atoms with Crippen molar-refractivity contribution in [3.8, 4) is 5.75 Å². The Hall–Kier alpha value is -3.19. The quantitative estimate of drug-likeness (QED) is 0.218. The van der Waals surface area contributed by atoms with Gasteiger partial charge in [-0.2, -0.15) is 0 Å². The maximum absolute atomic E-state index is 12.1. The topological polar surface area (TPSA) is 171 Å². The van der Waals surface area contributed by atoms with Crippen molar-refractivity contribution < 1.29 is 33.0 Å². The molecule has 0 bridgehead atoms. The average Bonchev–Trinajstić information content (AvgIpc) is 2.87. The van der Waals surface area contributed by atoms with Gasteiger partial charge in [0, 0.05) is 43.3 Å². The summed E-state index contributed by atoms with van der Waals surface area (Å²) < 4.78 is 28.4. The van der Waals surface area contributed by atoms with E-state index in [9.17, 15) is 28.2 Å². The molecule has 3 rings (SSSR count). The van der Waals surface area contributed by atoms with Gasteiger partial charge in [0.05, 0.1) is 12.7 Å². The number of rotatable bonds is 10. The number of carbonyl (C=O) groups is 2. The van der Waals surface area contributed by atoms with Crippen LogP contribution in [-0.4, -0.2) is 75.1 Å². The molecule has 2 atom stereocenters. The highest BCUT2D eigenvalue weighted by molar-refractivity contribution is 7.90. The predicted molar refractivity (Wildman–Crippen MR) is 139 cm³/mol. The van der Waals surface area contributed by atoms with Crippen LogP contribution < -0.4 is 21.3 Å². The second-order valence-electron chi connectivity index (χ2n) is 8.95. The van der Waals surface area contributed by atoms with Crippen molar-refractivity contribution in [2.45, 2.75) is 42.8 Å². The Morgan fingerprint density at radius 1 is 1.16 bits per heavy atom. The van der Waals surface area contributed by atoms with Gasteiger partial charge < -0.3 is 36.2 Å². The summed E-state index contributed by atoms with van der Waals surface area (Å²) in [6.07, 6.45) is 1.77. The number of phenolic OH excluding ortho intramolecular Hbond substituents is 1. The molecule has 2 aromatic carbocycles. The van der Waals surface area contributed by atoms with Gasteiger partial charge in [-0.3, -0.25) is 4.79 Å². The minimum atomic E-state index is -3.61. The van der Waals surface area contributed by atoms with E-state index in [1.54, 1.807) is 19.1 Å². The number of carbonyl (C=O) groups excluding carboxylic acids is 2. The highest BCUT2D eigenvalue weighted by Crippen LogP contribution is 2.27. The molecule has 11 nitrogen and oxygen atoms in total. The summed E-state index contributed by atoms with van der Waals surface area (Å²) in [6.45, 7) is 3.60. The van der Waals surface area contributed by atoms with E-state index in [2.05, 4.69) is 15.5 Å². The number of nitrogens with zero attached hydrogens (tertiary/aromatic N) is 1. The lowest BCUT2D eigenvalue weighted by Crippen LogP contribution is -2.44. The van der Waals surface area contributed by atoms with Crippen molar-refractivity contribution in [1.29, 1.82) is 0 Å². The molecule has 1 saturated heterocycles. The molecule has 0 spiro atoms. The Kier molecular flexibility index (Phi) is 9.49. The van der Waals surface area contributed by atoms with Gasteiger partial charge in [0.15, 0.2) is 15.9 Å². The Labute approximate surface area is 216 Å². The fraction of sp³-hybridized carbons (Fsp3) is 0.440. The summed E-state index contributed by atoms with van der Waals surface area (Å²) >= 11 is 0. The summed E-state index contributed by atoms with van der Waals surface area (Å²) in [6, 6.07) is 10.1. The Balaban J connectivity index is 1.47. The van der Waals surface area contributed by atoms with Crippen LogP contribution in [0.1, 0.15) is 31.4 Å². The number of aliphatic hydroxyl groups is 1. The zero-order chi connectivity index (χ0) is 27.2. The number of aliphatic hydroxyl groups excluding tert-OH is 1. The van der Waals surface area contributed by atoms with Crippen molar-refractivity contribution in [1.82, 2.24) is 5.32 Å². The van der Waals surface area contributed by atoms with Crippen molar-refractivity contribution in [3.05, 3.63) is 48.0 Å². The summed E-state index contributed by atoms with van der Waals surface area (Å²) in [4.78, 5) is 25.7. The molecule has 1 fully saturated rings. The highest BCUT2D eigenvalue weighted by atomic mass is 32.2. The summed E-state index contributed by atoms with van der Waals surface area (Å²) in [7, 11) is -3.61. The van der Waals surface area contributed by atoms with E-state index in [-0.39, 0.29) is 29.8 Å². The van der Waals surface area contributed by atoms with Crippen molar-refractivity contribution in [2.75, 3.05) is 42.7 Å². The van der Waals surface area contributed by atoms with Crippen LogP contribution in [0.2, 0.25) is 0 Å². The number of hydrogen-bond donors (Lipinski definition) is 5. The maximum Gasteiger partial charge on any atom is 0.332 e. The normalized spacial score (nSPS) is 16.2. The number of amides is 1. The second kappa shape index (κ2) is 12.4. The summed E-state index contributed by atoms with van der Waals surface area (Å²) in [5.74, 6) is -1.75. The molecule has 0 radical (unpaired) electrons. The van der Waals surface area contributed by atoms with Gasteiger partial charge >= 0.3 is 5.97 Å². The van der Waals surface area contributed by atoms with Crippen LogP contribution >= 0.6 is 0 Å². The molecule has 1 heterocycles. The van der Waals surface area contributed by atoms with E-state index in [0.29, 0.717) is 11.3 Å². The van der Waals surface area contributed by atoms with Crippen LogP contribution in [0.4, 0.5) is 11.4 Å². The molecule has 202 valence electrons. The van der Waals surface area contributed by atoms with Gasteiger partial charge in [-0.25, -0.2) is 13.2 Å². The summed E-state index contributed by atoms with van der Waals surface area (Å²) in [5, 5.41) is 26.3. The molecule has 1 unspecified atom stereocenters. The third kappa shape index (κ3) is 7.65. The molecule has 37 heavy (non-hydrogen) atoms. The molecule has 6 N–H and O–H groups in total. The van der Waals surface area contributed by atoms with Gasteiger partial charge in [0.1, 0.15) is 10.6 Å². The van der Waals surface area contributed by atoms with Crippen LogP contribution in [0.5, 0.6) is 5.75 Å². The zero-order valence-electron chi connectivity index (χ0n) is 20.9. The van der Waals surface area contributed by atoms with Crippen LogP contribution in [0, 0.1) is 0 Å². The van der Waals surface area contributed by atoms with Crippen LogP contribution in [0.15, 0.2) is 47.4 Å². The van der Waals surface area contributed by atoms with E-state index in [1.807, 2.05) is 12.1 Å². The molecule has 0 saturated carbocycles. The number of phenols is 1. The van der Waals surface area contributed by atoms with Gasteiger partial charge in [0.2, 0.25) is 0 Å². The third-order valence-corrected chi connectivity index (χ3v) is 7.31. The largest absolute Gasteiger partial charge is 0.507 e.